The van der Waals surface area contributed by atoms with Gasteiger partial charge >= 0.3 is 0 Å². The van der Waals surface area contributed by atoms with Crippen molar-refractivity contribution in [2.24, 2.45) is 5.92 Å². The number of hydrogen-bond donors (Lipinski definition) is 2. The van der Waals surface area contributed by atoms with E-state index in [4.69, 9.17) is 0 Å². The highest BCUT2D eigenvalue weighted by atomic mass is 16.3. The highest BCUT2D eigenvalue weighted by molar-refractivity contribution is 5.94. The molecule has 3 heteroatoms. The Kier molecular flexibility index (Phi) is 7.08. The van der Waals surface area contributed by atoms with Gasteiger partial charge in [-0.05, 0) is 70.1 Å². The third kappa shape index (κ3) is 7.60. The summed E-state index contributed by atoms with van der Waals surface area (Å²) in [6.45, 7) is 10.1. The van der Waals surface area contributed by atoms with E-state index in [0.717, 1.165) is 24.8 Å². The number of rotatable bonds is 8. The van der Waals surface area contributed by atoms with Gasteiger partial charge in [-0.2, -0.15) is 0 Å². The Morgan fingerprint density at radius 3 is 2.50 bits per heavy atom. The maximum atomic E-state index is 12.3. The monoisotopic (exact) mass is 305 g/mol. The summed E-state index contributed by atoms with van der Waals surface area (Å²) in [5, 5.41) is 12.9. The summed E-state index contributed by atoms with van der Waals surface area (Å²) in [5.74, 6) is 0.644. The lowest BCUT2D eigenvalue weighted by molar-refractivity contribution is 0.0714. The first-order valence-corrected chi connectivity index (χ1v) is 8.29. The first-order valence-electron chi connectivity index (χ1n) is 8.29. The van der Waals surface area contributed by atoms with Crippen molar-refractivity contribution in [1.29, 1.82) is 0 Å². The van der Waals surface area contributed by atoms with Gasteiger partial charge in [0.2, 0.25) is 0 Å². The summed E-state index contributed by atoms with van der Waals surface area (Å²) < 4.78 is 0. The molecule has 22 heavy (non-hydrogen) atoms. The molecule has 2 N–H and O–H groups in total. The van der Waals surface area contributed by atoms with Crippen LogP contribution in [0.15, 0.2) is 24.3 Å². The summed E-state index contributed by atoms with van der Waals surface area (Å²) in [6, 6.07) is 7.88. The van der Waals surface area contributed by atoms with Crippen LogP contribution in [0.2, 0.25) is 0 Å². The number of carbonyl (C=O) groups excluding carboxylic acids is 1. The summed E-state index contributed by atoms with van der Waals surface area (Å²) in [5.41, 5.74) is 1.11. The van der Waals surface area contributed by atoms with Crippen molar-refractivity contribution in [1.82, 2.24) is 5.32 Å². The molecule has 1 aromatic rings. The molecule has 1 aromatic carbocycles. The maximum Gasteiger partial charge on any atom is 0.251 e. The van der Waals surface area contributed by atoms with Crippen LogP contribution in [0.5, 0.6) is 0 Å². The van der Waals surface area contributed by atoms with Crippen molar-refractivity contribution in [2.45, 2.75) is 71.9 Å². The average molecular weight is 305 g/mol. The molecular weight excluding hydrogens is 274 g/mol. The molecule has 0 aliphatic carbocycles. The van der Waals surface area contributed by atoms with Crippen molar-refractivity contribution < 1.29 is 9.90 Å². The van der Waals surface area contributed by atoms with Crippen molar-refractivity contribution in [3.05, 3.63) is 35.4 Å². The van der Waals surface area contributed by atoms with Crippen molar-refractivity contribution in [3.8, 4) is 0 Å². The number of aryl methyl sites for hydroxylation is 1. The van der Waals surface area contributed by atoms with Crippen LogP contribution in [-0.4, -0.2) is 22.7 Å². The number of amides is 1. The molecule has 0 radical (unpaired) electrons. The Morgan fingerprint density at radius 1 is 1.23 bits per heavy atom. The fourth-order valence-electron chi connectivity index (χ4n) is 2.28. The van der Waals surface area contributed by atoms with Gasteiger partial charge in [0.05, 0.1) is 5.60 Å². The van der Waals surface area contributed by atoms with Crippen LogP contribution >= 0.6 is 0 Å². The zero-order valence-electron chi connectivity index (χ0n) is 14.6. The second-order valence-electron chi connectivity index (χ2n) is 7.36. The summed E-state index contributed by atoms with van der Waals surface area (Å²) in [7, 11) is 0. The average Bonchev–Trinajstić information content (AvgIpc) is 2.42. The Balaban J connectivity index is 2.58. The largest absolute Gasteiger partial charge is 0.390 e. The molecule has 124 valence electrons. The van der Waals surface area contributed by atoms with Gasteiger partial charge in [0.15, 0.2) is 0 Å². The van der Waals surface area contributed by atoms with Gasteiger partial charge in [0.1, 0.15) is 0 Å². The number of aliphatic hydroxyl groups is 1. The maximum absolute atomic E-state index is 12.3. The predicted octanol–water partition coefficient (Wildman–Crippen LogP) is 3.94. The van der Waals surface area contributed by atoms with Gasteiger partial charge in [0.25, 0.3) is 5.91 Å². The molecule has 3 nitrogen and oxygen atoms in total. The topological polar surface area (TPSA) is 49.3 Å². The van der Waals surface area contributed by atoms with Crippen LogP contribution in [-0.2, 0) is 6.42 Å². The summed E-state index contributed by atoms with van der Waals surface area (Å²) in [6.07, 6.45) is 3.57. The minimum Gasteiger partial charge on any atom is -0.390 e. The molecule has 0 saturated heterocycles. The van der Waals surface area contributed by atoms with Crippen LogP contribution in [0.1, 0.15) is 69.8 Å². The van der Waals surface area contributed by atoms with Crippen molar-refractivity contribution in [2.75, 3.05) is 0 Å². The first kappa shape index (κ1) is 18.7. The van der Waals surface area contributed by atoms with E-state index >= 15 is 0 Å². The molecule has 0 aliphatic rings. The quantitative estimate of drug-likeness (QED) is 0.764. The molecule has 0 unspecified atom stereocenters. The normalized spacial score (nSPS) is 13.2. The van der Waals surface area contributed by atoms with Gasteiger partial charge in [-0.15, -0.1) is 0 Å². The number of carbonyl (C=O) groups is 1. The molecule has 0 fully saturated rings. The van der Waals surface area contributed by atoms with E-state index in [1.54, 1.807) is 13.8 Å². The Bertz CT molecular complexity index is 475. The fourth-order valence-corrected chi connectivity index (χ4v) is 2.28. The zero-order valence-corrected chi connectivity index (χ0v) is 14.6. The smallest absolute Gasteiger partial charge is 0.251 e. The lowest BCUT2D eigenvalue weighted by Crippen LogP contribution is -2.32. The molecular formula is C19H31NO2. The Labute approximate surface area is 135 Å². The van der Waals surface area contributed by atoms with Crippen molar-refractivity contribution >= 4 is 5.91 Å². The third-order valence-electron chi connectivity index (χ3n) is 3.77. The third-order valence-corrected chi connectivity index (χ3v) is 3.77. The molecule has 1 rings (SSSR count). The zero-order chi connectivity index (χ0) is 16.8. The van der Waals surface area contributed by atoms with E-state index in [0.29, 0.717) is 17.9 Å². The molecule has 0 aliphatic heterocycles. The van der Waals surface area contributed by atoms with Gasteiger partial charge in [-0.1, -0.05) is 26.0 Å². The lowest BCUT2D eigenvalue weighted by atomic mass is 9.97. The molecule has 1 amide bonds. The van der Waals surface area contributed by atoms with E-state index < -0.39 is 5.60 Å². The highest BCUT2D eigenvalue weighted by Crippen LogP contribution is 2.15. The van der Waals surface area contributed by atoms with Gasteiger partial charge in [0, 0.05) is 11.6 Å². The van der Waals surface area contributed by atoms with Crippen LogP contribution in [0.3, 0.4) is 0 Å². The number of nitrogens with one attached hydrogen (secondary N) is 1. The minimum absolute atomic E-state index is 0.0126. The summed E-state index contributed by atoms with van der Waals surface area (Å²) in [4.78, 5) is 12.3. The van der Waals surface area contributed by atoms with Crippen LogP contribution in [0.4, 0.5) is 0 Å². The molecule has 0 heterocycles. The second kappa shape index (κ2) is 8.33. The molecule has 1 atom stereocenters. The highest BCUT2D eigenvalue weighted by Gasteiger charge is 2.14. The second-order valence-corrected chi connectivity index (χ2v) is 7.36. The van der Waals surface area contributed by atoms with E-state index in [9.17, 15) is 9.90 Å². The van der Waals surface area contributed by atoms with E-state index in [1.165, 1.54) is 0 Å². The van der Waals surface area contributed by atoms with E-state index in [1.807, 2.05) is 24.3 Å². The standard InChI is InChI=1S/C19H31NO2/c1-14(2)9-10-15(3)20-18(21)17-8-6-7-16(13-17)11-12-19(4,5)22/h6-8,13-15,22H,9-12H2,1-5H3,(H,20,21)/t15-/m0/s1. The molecule has 0 bridgehead atoms. The lowest BCUT2D eigenvalue weighted by Gasteiger charge is -2.17. The molecule has 0 aromatic heterocycles. The molecule has 0 saturated carbocycles. The number of benzene rings is 1. The van der Waals surface area contributed by atoms with Gasteiger partial charge in [-0.25, -0.2) is 0 Å². The fraction of sp³-hybridized carbons (Fsp3) is 0.632. The number of hydrogen-bond acceptors (Lipinski definition) is 2. The summed E-state index contributed by atoms with van der Waals surface area (Å²) >= 11 is 0. The Hall–Kier alpha value is -1.35. The van der Waals surface area contributed by atoms with Gasteiger partial charge in [-0.3, -0.25) is 4.79 Å². The predicted molar refractivity (Wildman–Crippen MR) is 92.1 cm³/mol. The van der Waals surface area contributed by atoms with Crippen LogP contribution < -0.4 is 5.32 Å². The van der Waals surface area contributed by atoms with Crippen LogP contribution in [0.25, 0.3) is 0 Å². The SMILES string of the molecule is CC(C)CC[C@H](C)NC(=O)c1cccc(CCC(C)(C)O)c1. The van der Waals surface area contributed by atoms with E-state index in [-0.39, 0.29) is 11.9 Å². The van der Waals surface area contributed by atoms with Crippen molar-refractivity contribution in [3.63, 3.8) is 0 Å². The van der Waals surface area contributed by atoms with E-state index in [2.05, 4.69) is 26.1 Å². The first-order chi connectivity index (χ1) is 10.2. The van der Waals surface area contributed by atoms with Gasteiger partial charge < -0.3 is 10.4 Å². The Morgan fingerprint density at radius 2 is 1.91 bits per heavy atom. The van der Waals surface area contributed by atoms with Crippen LogP contribution in [0, 0.1) is 5.92 Å². The molecule has 0 spiro atoms. The minimum atomic E-state index is -0.677.